The molecule has 4 nitrogen and oxygen atoms in total. The first kappa shape index (κ1) is 17.3. The van der Waals surface area contributed by atoms with Crippen molar-refractivity contribution in [1.29, 1.82) is 0 Å². The van der Waals surface area contributed by atoms with Crippen molar-refractivity contribution in [3.8, 4) is 0 Å². The highest BCUT2D eigenvalue weighted by atomic mass is 16.5. The Bertz CT molecular complexity index is 354. The predicted molar refractivity (Wildman–Crippen MR) is 84.3 cm³/mol. The molecule has 2 saturated carbocycles. The molecule has 2 aliphatic rings. The maximum atomic E-state index is 11.8. The number of hydrogen-bond acceptors (Lipinski definition) is 4. The van der Waals surface area contributed by atoms with Gasteiger partial charge in [-0.15, -0.1) is 0 Å². The summed E-state index contributed by atoms with van der Waals surface area (Å²) < 4.78 is 10.7. The topological polar surface area (TPSA) is 52.6 Å². The predicted octanol–water partition coefficient (Wildman–Crippen LogP) is 4.01. The Kier molecular flexibility index (Phi) is 7.20. The van der Waals surface area contributed by atoms with Crippen LogP contribution in [0.2, 0.25) is 0 Å². The summed E-state index contributed by atoms with van der Waals surface area (Å²) in [5.74, 6) is 0.485. The second-order valence-electron chi connectivity index (χ2n) is 6.93. The van der Waals surface area contributed by atoms with Crippen LogP contribution in [0.1, 0.15) is 77.6 Å². The van der Waals surface area contributed by atoms with Crippen molar-refractivity contribution in [3.63, 3.8) is 0 Å². The molecule has 0 aromatic carbocycles. The lowest BCUT2D eigenvalue weighted by atomic mass is 9.90. The van der Waals surface area contributed by atoms with Crippen molar-refractivity contribution >= 4 is 11.9 Å². The summed E-state index contributed by atoms with van der Waals surface area (Å²) in [5, 5.41) is 0. The fraction of sp³-hybridized carbons (Fsp3) is 0.889. The van der Waals surface area contributed by atoms with Gasteiger partial charge < -0.3 is 9.47 Å². The molecule has 0 bridgehead atoms. The molecule has 0 aromatic rings. The molecule has 2 aliphatic carbocycles. The maximum absolute atomic E-state index is 11.8. The second-order valence-corrected chi connectivity index (χ2v) is 6.93. The third-order valence-corrected chi connectivity index (χ3v) is 5.12. The normalized spacial score (nSPS) is 21.5. The Morgan fingerprint density at radius 1 is 0.909 bits per heavy atom. The average Bonchev–Trinajstić information content (AvgIpc) is 3.06. The molecule has 0 amide bonds. The van der Waals surface area contributed by atoms with E-state index < -0.39 is 0 Å². The Labute approximate surface area is 133 Å². The number of esters is 2. The fourth-order valence-electron chi connectivity index (χ4n) is 3.63. The molecular weight excluding hydrogens is 280 g/mol. The van der Waals surface area contributed by atoms with Gasteiger partial charge in [-0.3, -0.25) is 9.59 Å². The molecule has 0 spiro atoms. The van der Waals surface area contributed by atoms with Crippen molar-refractivity contribution in [3.05, 3.63) is 0 Å². The minimum Gasteiger partial charge on any atom is -0.465 e. The molecule has 0 saturated heterocycles. The van der Waals surface area contributed by atoms with Crippen molar-refractivity contribution in [2.24, 2.45) is 11.8 Å². The van der Waals surface area contributed by atoms with Gasteiger partial charge in [0.1, 0.15) is 6.10 Å². The van der Waals surface area contributed by atoms with Crippen LogP contribution in [0.4, 0.5) is 0 Å². The quantitative estimate of drug-likeness (QED) is 0.667. The Morgan fingerprint density at radius 3 is 2.18 bits per heavy atom. The van der Waals surface area contributed by atoms with Crippen LogP contribution >= 0.6 is 0 Å². The van der Waals surface area contributed by atoms with E-state index in [2.05, 4.69) is 0 Å². The molecule has 1 unspecified atom stereocenters. The lowest BCUT2D eigenvalue weighted by molar-refractivity contribution is -0.155. The molecule has 0 radical (unpaired) electrons. The largest absolute Gasteiger partial charge is 0.465 e. The van der Waals surface area contributed by atoms with Crippen LogP contribution in [0.25, 0.3) is 0 Å². The second kappa shape index (κ2) is 9.16. The van der Waals surface area contributed by atoms with E-state index in [-0.39, 0.29) is 30.9 Å². The van der Waals surface area contributed by atoms with E-state index in [9.17, 15) is 9.59 Å². The highest BCUT2D eigenvalue weighted by Crippen LogP contribution is 2.29. The van der Waals surface area contributed by atoms with Gasteiger partial charge in [-0.25, -0.2) is 0 Å². The molecule has 0 aliphatic heterocycles. The average molecular weight is 310 g/mol. The molecule has 0 aromatic heterocycles. The van der Waals surface area contributed by atoms with Crippen LogP contribution in [-0.2, 0) is 19.1 Å². The first-order chi connectivity index (χ1) is 10.6. The molecular formula is C18H30O4. The third-order valence-electron chi connectivity index (χ3n) is 5.12. The monoisotopic (exact) mass is 310 g/mol. The zero-order chi connectivity index (χ0) is 15.8. The van der Waals surface area contributed by atoms with E-state index in [1.165, 1.54) is 32.1 Å². The smallest absolute Gasteiger partial charge is 0.306 e. The molecule has 2 fully saturated rings. The number of hydrogen-bond donors (Lipinski definition) is 0. The number of ether oxygens (including phenoxy) is 2. The Balaban J connectivity index is 1.55. The summed E-state index contributed by atoms with van der Waals surface area (Å²) >= 11 is 0. The maximum Gasteiger partial charge on any atom is 0.306 e. The van der Waals surface area contributed by atoms with Crippen LogP contribution in [0.5, 0.6) is 0 Å². The fourth-order valence-corrected chi connectivity index (χ4v) is 3.63. The van der Waals surface area contributed by atoms with Gasteiger partial charge in [-0.05, 0) is 44.4 Å². The van der Waals surface area contributed by atoms with Gasteiger partial charge in [0, 0.05) is 0 Å². The highest BCUT2D eigenvalue weighted by Gasteiger charge is 2.24. The van der Waals surface area contributed by atoms with Crippen LogP contribution in [0.15, 0.2) is 0 Å². The van der Waals surface area contributed by atoms with Crippen LogP contribution in [-0.4, -0.2) is 24.6 Å². The molecule has 1 atom stereocenters. The number of carbonyl (C=O) groups excluding carboxylic acids is 2. The third kappa shape index (κ3) is 5.98. The van der Waals surface area contributed by atoms with E-state index >= 15 is 0 Å². The van der Waals surface area contributed by atoms with Crippen molar-refractivity contribution in [1.82, 2.24) is 0 Å². The zero-order valence-electron chi connectivity index (χ0n) is 13.9. The summed E-state index contributed by atoms with van der Waals surface area (Å²) in [6, 6.07) is 0. The van der Waals surface area contributed by atoms with E-state index in [0.717, 1.165) is 25.7 Å². The number of rotatable bonds is 7. The summed E-state index contributed by atoms with van der Waals surface area (Å²) in [6.45, 7) is 2.49. The summed E-state index contributed by atoms with van der Waals surface area (Å²) in [7, 11) is 0. The van der Waals surface area contributed by atoms with Gasteiger partial charge in [0.25, 0.3) is 0 Å². The minimum absolute atomic E-state index is 0.0201. The molecule has 22 heavy (non-hydrogen) atoms. The standard InChI is InChI=1S/C18H30O4/c1-14(16-9-5-6-10-16)22-18(20)12-11-17(19)21-13-15-7-3-2-4-8-15/h14-16H,2-13H2,1H3. The number of carbonyl (C=O) groups is 2. The van der Waals surface area contributed by atoms with Crippen molar-refractivity contribution in [2.45, 2.75) is 83.7 Å². The summed E-state index contributed by atoms with van der Waals surface area (Å²) in [6.07, 6.45) is 11.1. The van der Waals surface area contributed by atoms with Crippen LogP contribution < -0.4 is 0 Å². The van der Waals surface area contributed by atoms with Gasteiger partial charge in [0.05, 0.1) is 19.4 Å². The lowest BCUT2D eigenvalue weighted by Crippen LogP contribution is -2.23. The van der Waals surface area contributed by atoms with Crippen molar-refractivity contribution < 1.29 is 19.1 Å². The first-order valence-electron chi connectivity index (χ1n) is 9.00. The molecule has 2 rings (SSSR count). The molecule has 0 N–H and O–H groups in total. The highest BCUT2D eigenvalue weighted by molar-refractivity contribution is 5.77. The van der Waals surface area contributed by atoms with Gasteiger partial charge in [0.2, 0.25) is 0 Å². The van der Waals surface area contributed by atoms with E-state index in [1.54, 1.807) is 0 Å². The Morgan fingerprint density at radius 2 is 1.50 bits per heavy atom. The summed E-state index contributed by atoms with van der Waals surface area (Å²) in [5.41, 5.74) is 0. The SMILES string of the molecule is CC(OC(=O)CCC(=O)OCC1CCCCC1)C1CCCC1. The first-order valence-corrected chi connectivity index (χ1v) is 9.00. The summed E-state index contributed by atoms with van der Waals surface area (Å²) in [4.78, 5) is 23.5. The van der Waals surface area contributed by atoms with Gasteiger partial charge in [-0.2, -0.15) is 0 Å². The zero-order valence-corrected chi connectivity index (χ0v) is 13.9. The van der Waals surface area contributed by atoms with Crippen LogP contribution in [0, 0.1) is 11.8 Å². The van der Waals surface area contributed by atoms with Crippen LogP contribution in [0.3, 0.4) is 0 Å². The molecule has 126 valence electrons. The van der Waals surface area contributed by atoms with Crippen molar-refractivity contribution in [2.75, 3.05) is 6.61 Å². The Hall–Kier alpha value is -1.06. The lowest BCUT2D eigenvalue weighted by Gasteiger charge is -2.21. The van der Waals surface area contributed by atoms with E-state index in [4.69, 9.17) is 9.47 Å². The minimum atomic E-state index is -0.269. The van der Waals surface area contributed by atoms with E-state index in [1.807, 2.05) is 6.92 Å². The van der Waals surface area contributed by atoms with Gasteiger partial charge >= 0.3 is 11.9 Å². The molecule has 4 heteroatoms. The van der Waals surface area contributed by atoms with Gasteiger partial charge in [0.15, 0.2) is 0 Å². The van der Waals surface area contributed by atoms with E-state index in [0.29, 0.717) is 18.4 Å². The molecule has 0 heterocycles. The van der Waals surface area contributed by atoms with Gasteiger partial charge in [-0.1, -0.05) is 32.1 Å².